The minimum atomic E-state index is 0.540. The van der Waals surface area contributed by atoms with E-state index >= 15 is 0 Å². The van der Waals surface area contributed by atoms with E-state index in [1.54, 1.807) is 7.11 Å². The highest BCUT2D eigenvalue weighted by Gasteiger charge is 2.05. The van der Waals surface area contributed by atoms with Crippen LogP contribution in [0.5, 0.6) is 5.75 Å². The van der Waals surface area contributed by atoms with Crippen molar-refractivity contribution in [3.63, 3.8) is 0 Å². The molecule has 0 bridgehead atoms. The van der Waals surface area contributed by atoms with E-state index in [1.165, 1.54) is 0 Å². The van der Waals surface area contributed by atoms with E-state index in [-0.39, 0.29) is 0 Å². The Morgan fingerprint density at radius 2 is 2.05 bits per heavy atom. The van der Waals surface area contributed by atoms with Crippen molar-refractivity contribution in [1.82, 2.24) is 0 Å². The first-order valence-electron chi connectivity index (χ1n) is 6.08. The third-order valence-corrected chi connectivity index (χ3v) is 4.26. The van der Waals surface area contributed by atoms with Gasteiger partial charge in [-0.25, -0.2) is 0 Å². The quantitative estimate of drug-likeness (QED) is 0.692. The molecule has 0 atom stereocenters. The number of furan rings is 1. The van der Waals surface area contributed by atoms with Crippen LogP contribution in [0.4, 0.5) is 5.69 Å². The van der Waals surface area contributed by atoms with Gasteiger partial charge in [-0.15, -0.1) is 0 Å². The van der Waals surface area contributed by atoms with Gasteiger partial charge in [0.1, 0.15) is 18.1 Å². The monoisotopic (exact) mass is 403 g/mol. The number of methoxy groups -OCH3 is 1. The second-order valence-electron chi connectivity index (χ2n) is 4.06. The number of rotatable bonds is 7. The molecule has 2 rings (SSSR count). The molecule has 0 aliphatic rings. The fourth-order valence-corrected chi connectivity index (χ4v) is 2.27. The normalized spacial score (nSPS) is 10.6. The number of ether oxygens (including phenoxy) is 2. The number of anilines is 1. The van der Waals surface area contributed by atoms with Gasteiger partial charge in [0.25, 0.3) is 0 Å². The van der Waals surface area contributed by atoms with Gasteiger partial charge >= 0.3 is 0 Å². The van der Waals surface area contributed by atoms with Gasteiger partial charge in [-0.1, -0.05) is 6.07 Å². The Morgan fingerprint density at radius 3 is 2.75 bits per heavy atom. The average molecular weight is 405 g/mol. The Morgan fingerprint density at radius 1 is 1.20 bits per heavy atom. The molecule has 6 heteroatoms. The maximum Gasteiger partial charge on any atom is 0.183 e. The molecule has 0 saturated heterocycles. The van der Waals surface area contributed by atoms with Gasteiger partial charge in [0.2, 0.25) is 0 Å². The van der Waals surface area contributed by atoms with Crippen molar-refractivity contribution in [2.75, 3.05) is 25.6 Å². The highest BCUT2D eigenvalue weighted by Crippen LogP contribution is 2.27. The number of hydrogen-bond donors (Lipinski definition) is 1. The van der Waals surface area contributed by atoms with Crippen LogP contribution in [0.15, 0.2) is 43.9 Å². The molecule has 0 fully saturated rings. The first-order valence-corrected chi connectivity index (χ1v) is 7.67. The van der Waals surface area contributed by atoms with E-state index in [0.717, 1.165) is 21.7 Å². The largest absolute Gasteiger partial charge is 0.491 e. The standard InChI is InChI=1S/C14H15Br2NO3/c1-18-5-6-19-11-4-2-3-10(7-11)17-9-12-8-13(15)14(16)20-12/h2-4,7-8,17H,5-6,9H2,1H3. The predicted octanol–water partition coefficient (Wildman–Crippen LogP) is 4.44. The summed E-state index contributed by atoms with van der Waals surface area (Å²) in [6, 6.07) is 9.72. The summed E-state index contributed by atoms with van der Waals surface area (Å²) in [4.78, 5) is 0. The van der Waals surface area contributed by atoms with Gasteiger partial charge in [-0.2, -0.15) is 0 Å². The minimum Gasteiger partial charge on any atom is -0.491 e. The van der Waals surface area contributed by atoms with Crippen LogP contribution in [0.1, 0.15) is 5.76 Å². The Labute approximate surface area is 134 Å². The van der Waals surface area contributed by atoms with Crippen LogP contribution in [-0.2, 0) is 11.3 Å². The molecular formula is C14H15Br2NO3. The molecule has 0 aliphatic heterocycles. The summed E-state index contributed by atoms with van der Waals surface area (Å²) < 4.78 is 17.6. The van der Waals surface area contributed by atoms with Crippen LogP contribution in [0.3, 0.4) is 0 Å². The smallest absolute Gasteiger partial charge is 0.183 e. The third kappa shape index (κ3) is 4.54. The van der Waals surface area contributed by atoms with Crippen molar-refractivity contribution < 1.29 is 13.9 Å². The molecule has 2 aromatic rings. The lowest BCUT2D eigenvalue weighted by Gasteiger charge is -2.08. The van der Waals surface area contributed by atoms with Crippen LogP contribution in [-0.4, -0.2) is 20.3 Å². The van der Waals surface area contributed by atoms with Crippen molar-refractivity contribution in [2.24, 2.45) is 0 Å². The summed E-state index contributed by atoms with van der Waals surface area (Å²) in [5.74, 6) is 1.66. The maximum atomic E-state index is 5.56. The first kappa shape index (κ1) is 15.4. The predicted molar refractivity (Wildman–Crippen MR) is 85.2 cm³/mol. The Bertz CT molecular complexity index is 538. The molecule has 0 saturated carbocycles. The Balaban J connectivity index is 1.90. The number of halogens is 2. The molecule has 1 N–H and O–H groups in total. The SMILES string of the molecule is COCCOc1cccc(NCc2cc(Br)c(Br)o2)c1. The zero-order valence-corrected chi connectivity index (χ0v) is 14.2. The topological polar surface area (TPSA) is 43.6 Å². The molecule has 20 heavy (non-hydrogen) atoms. The number of nitrogens with one attached hydrogen (secondary N) is 1. The molecule has 0 aliphatic carbocycles. The highest BCUT2D eigenvalue weighted by molar-refractivity contribution is 9.13. The lowest BCUT2D eigenvalue weighted by atomic mass is 10.3. The van der Waals surface area contributed by atoms with Crippen molar-refractivity contribution in [2.45, 2.75) is 6.54 Å². The molecule has 1 heterocycles. The van der Waals surface area contributed by atoms with E-state index in [4.69, 9.17) is 13.9 Å². The Hall–Kier alpha value is -0.980. The van der Waals surface area contributed by atoms with E-state index in [0.29, 0.717) is 24.4 Å². The molecule has 1 aromatic carbocycles. The average Bonchev–Trinajstić information content (AvgIpc) is 2.76. The van der Waals surface area contributed by atoms with Crippen molar-refractivity contribution in [1.29, 1.82) is 0 Å². The molecule has 0 spiro atoms. The third-order valence-electron chi connectivity index (χ3n) is 2.55. The van der Waals surface area contributed by atoms with Crippen LogP contribution in [0, 0.1) is 0 Å². The molecule has 0 unspecified atom stereocenters. The zero-order chi connectivity index (χ0) is 14.4. The summed E-state index contributed by atoms with van der Waals surface area (Å²) >= 11 is 6.70. The number of benzene rings is 1. The van der Waals surface area contributed by atoms with Crippen LogP contribution < -0.4 is 10.1 Å². The molecule has 0 amide bonds. The van der Waals surface area contributed by atoms with Crippen LogP contribution in [0.25, 0.3) is 0 Å². The fourth-order valence-electron chi connectivity index (χ4n) is 1.61. The summed E-state index contributed by atoms with van der Waals surface area (Å²) in [5.41, 5.74) is 0.976. The second-order valence-corrected chi connectivity index (χ2v) is 5.63. The van der Waals surface area contributed by atoms with E-state index in [2.05, 4.69) is 37.2 Å². The van der Waals surface area contributed by atoms with E-state index in [9.17, 15) is 0 Å². The van der Waals surface area contributed by atoms with Gasteiger partial charge in [0, 0.05) is 18.9 Å². The molecule has 4 nitrogen and oxygen atoms in total. The first-order chi connectivity index (χ1) is 9.69. The second kappa shape index (κ2) is 7.71. The molecule has 1 aromatic heterocycles. The number of hydrogen-bond acceptors (Lipinski definition) is 4. The van der Waals surface area contributed by atoms with Crippen LogP contribution >= 0.6 is 31.9 Å². The fraction of sp³-hybridized carbons (Fsp3) is 0.286. The maximum absolute atomic E-state index is 5.56. The van der Waals surface area contributed by atoms with Crippen LogP contribution in [0.2, 0.25) is 0 Å². The van der Waals surface area contributed by atoms with Gasteiger partial charge < -0.3 is 19.2 Å². The van der Waals surface area contributed by atoms with Gasteiger partial charge in [0.15, 0.2) is 4.67 Å². The van der Waals surface area contributed by atoms with Crippen molar-refractivity contribution in [3.8, 4) is 5.75 Å². The van der Waals surface area contributed by atoms with Gasteiger partial charge in [-0.3, -0.25) is 0 Å². The zero-order valence-electron chi connectivity index (χ0n) is 11.0. The van der Waals surface area contributed by atoms with Gasteiger partial charge in [-0.05, 0) is 50.1 Å². The summed E-state index contributed by atoms with van der Waals surface area (Å²) in [5, 5.41) is 3.29. The van der Waals surface area contributed by atoms with E-state index in [1.807, 2.05) is 30.3 Å². The summed E-state index contributed by atoms with van der Waals surface area (Å²) in [6.07, 6.45) is 0. The molecule has 0 radical (unpaired) electrons. The summed E-state index contributed by atoms with van der Waals surface area (Å²) in [7, 11) is 1.65. The molecule has 108 valence electrons. The summed E-state index contributed by atoms with van der Waals surface area (Å²) in [6.45, 7) is 1.72. The lowest BCUT2D eigenvalue weighted by Crippen LogP contribution is -2.04. The van der Waals surface area contributed by atoms with Gasteiger partial charge in [0.05, 0.1) is 17.6 Å². The Kier molecular flexibility index (Phi) is 5.94. The van der Waals surface area contributed by atoms with E-state index < -0.39 is 0 Å². The molecular weight excluding hydrogens is 390 g/mol. The highest BCUT2D eigenvalue weighted by atomic mass is 79.9. The van der Waals surface area contributed by atoms with Crippen molar-refractivity contribution in [3.05, 3.63) is 45.2 Å². The lowest BCUT2D eigenvalue weighted by molar-refractivity contribution is 0.146. The van der Waals surface area contributed by atoms with Crippen molar-refractivity contribution >= 4 is 37.5 Å². The minimum absolute atomic E-state index is 0.540.